The van der Waals surface area contributed by atoms with Crippen LogP contribution in [0.4, 0.5) is 4.39 Å². The van der Waals surface area contributed by atoms with Crippen molar-refractivity contribution < 1.29 is 38.1 Å². The van der Waals surface area contributed by atoms with Gasteiger partial charge in [0.2, 0.25) is 0 Å². The fourth-order valence-corrected chi connectivity index (χ4v) is 5.58. The number of carbonyl (C=O) groups excluding carboxylic acids is 4. The van der Waals surface area contributed by atoms with Gasteiger partial charge in [-0.25, -0.2) is 4.39 Å². The van der Waals surface area contributed by atoms with Crippen LogP contribution in [-0.2, 0) is 32.8 Å². The largest absolute Gasteiger partial charge is 0.507 e. The first-order valence-corrected chi connectivity index (χ1v) is 12.4. The van der Waals surface area contributed by atoms with Crippen LogP contribution in [0, 0.1) is 11.7 Å². The smallest absolute Gasteiger partial charge is 0.259 e. The summed E-state index contributed by atoms with van der Waals surface area (Å²) < 4.78 is 25.9. The van der Waals surface area contributed by atoms with Crippen LogP contribution in [-0.4, -0.2) is 35.5 Å². The minimum atomic E-state index is -1.66. The van der Waals surface area contributed by atoms with Crippen molar-refractivity contribution in [2.45, 2.75) is 39.2 Å². The number of carbonyl (C=O) groups is 4. The van der Waals surface area contributed by atoms with Crippen molar-refractivity contribution in [2.24, 2.45) is 5.92 Å². The Kier molecular flexibility index (Phi) is 6.25. The molecule has 0 bridgehead atoms. The number of methoxy groups -OCH3 is 1. The maximum Gasteiger partial charge on any atom is 0.259 e. The van der Waals surface area contributed by atoms with Gasteiger partial charge in [-0.15, -0.1) is 0 Å². The molecule has 3 aromatic rings. The Morgan fingerprint density at radius 1 is 1.18 bits per heavy atom. The van der Waals surface area contributed by atoms with Gasteiger partial charge < -0.3 is 19.9 Å². The van der Waals surface area contributed by atoms with Crippen molar-refractivity contribution >= 4 is 34.0 Å². The minimum absolute atomic E-state index is 0.0202. The van der Waals surface area contributed by atoms with Crippen molar-refractivity contribution in [3.05, 3.63) is 76.3 Å². The number of phenols is 1. The summed E-state index contributed by atoms with van der Waals surface area (Å²) >= 11 is 0. The molecule has 1 amide bonds. The molecule has 0 saturated carbocycles. The van der Waals surface area contributed by atoms with E-state index in [2.05, 4.69) is 5.32 Å². The number of Topliss-reactive ketones (excluding diaryl/α,β-unsaturated/α-hetero) is 2. The van der Waals surface area contributed by atoms with Crippen molar-refractivity contribution in [3.63, 3.8) is 0 Å². The van der Waals surface area contributed by atoms with E-state index in [1.807, 2.05) is 6.92 Å². The van der Waals surface area contributed by atoms with Crippen molar-refractivity contribution in [2.75, 3.05) is 7.11 Å². The molecule has 2 N–H and O–H groups in total. The SMILES string of the molecule is CCc1cc(F)c2ccccc2c1CNC(=O)c1c(OC)cc(O)c2c1OC1=CC(=O)C(C(C)=O)C(=O)[C@]12C. The molecule has 2 atom stereocenters. The predicted molar refractivity (Wildman–Crippen MR) is 139 cm³/mol. The fourth-order valence-electron chi connectivity index (χ4n) is 5.58. The standard InChI is InChI=1S/C30H26FNO7/c1-5-15-10-19(31)17-9-7-6-8-16(17)18(15)13-32-29(37)25-22(38-4)11-21(35)26-27(25)39-23-12-20(34)24(14(2)33)28(36)30(23,26)3/h6-12,24,35H,5,13H2,1-4H3,(H,32,37)/t24?,30-/m1/s1. The highest BCUT2D eigenvalue weighted by Gasteiger charge is 2.58. The number of aryl methyl sites for hydroxylation is 1. The van der Waals surface area contributed by atoms with Crippen LogP contribution < -0.4 is 14.8 Å². The Balaban J connectivity index is 1.60. The van der Waals surface area contributed by atoms with Gasteiger partial charge >= 0.3 is 0 Å². The van der Waals surface area contributed by atoms with E-state index in [0.717, 1.165) is 24.1 Å². The van der Waals surface area contributed by atoms with Crippen molar-refractivity contribution in [1.82, 2.24) is 5.32 Å². The van der Waals surface area contributed by atoms with Crippen LogP contribution in [0.15, 0.2) is 48.2 Å². The number of phenolic OH excluding ortho intramolecular Hbond substituents is 1. The second kappa shape index (κ2) is 9.34. The summed E-state index contributed by atoms with van der Waals surface area (Å²) in [6.07, 6.45) is 1.60. The Labute approximate surface area is 223 Å². The zero-order chi connectivity index (χ0) is 28.2. The topological polar surface area (TPSA) is 119 Å². The first-order chi connectivity index (χ1) is 18.5. The number of fused-ring (bicyclic) bond motifs is 4. The van der Waals surface area contributed by atoms with E-state index < -0.39 is 34.6 Å². The normalized spacial score (nSPS) is 19.7. The Morgan fingerprint density at radius 2 is 1.87 bits per heavy atom. The first-order valence-electron chi connectivity index (χ1n) is 12.4. The van der Waals surface area contributed by atoms with Gasteiger partial charge in [0.25, 0.3) is 5.91 Å². The molecule has 0 saturated heterocycles. The number of hydrogen-bond donors (Lipinski definition) is 2. The quantitative estimate of drug-likeness (QED) is 0.460. The molecular formula is C30H26FNO7. The Bertz CT molecular complexity index is 1640. The Morgan fingerprint density at radius 3 is 2.51 bits per heavy atom. The number of aromatic hydroxyl groups is 1. The number of ketones is 3. The lowest BCUT2D eigenvalue weighted by Crippen LogP contribution is -2.47. The molecule has 8 nitrogen and oxygen atoms in total. The maximum atomic E-state index is 14.7. The molecule has 0 radical (unpaired) electrons. The third kappa shape index (κ3) is 3.79. The molecule has 1 heterocycles. The van der Waals surface area contributed by atoms with Gasteiger partial charge in [-0.05, 0) is 42.8 Å². The zero-order valence-corrected chi connectivity index (χ0v) is 21.8. The van der Waals surface area contributed by atoms with Gasteiger partial charge in [0.1, 0.15) is 45.8 Å². The monoisotopic (exact) mass is 531 g/mol. The summed E-state index contributed by atoms with van der Waals surface area (Å²) in [5.41, 5.74) is -0.302. The van der Waals surface area contributed by atoms with Crippen LogP contribution in [0.1, 0.15) is 47.8 Å². The third-order valence-electron chi connectivity index (χ3n) is 7.60. The minimum Gasteiger partial charge on any atom is -0.507 e. The molecule has 39 heavy (non-hydrogen) atoms. The number of rotatable bonds is 6. The van der Waals surface area contributed by atoms with Gasteiger partial charge in [0.05, 0.1) is 12.7 Å². The van der Waals surface area contributed by atoms with Crippen molar-refractivity contribution in [1.29, 1.82) is 0 Å². The number of hydrogen-bond acceptors (Lipinski definition) is 7. The van der Waals surface area contributed by atoms with Gasteiger partial charge in [-0.2, -0.15) is 0 Å². The predicted octanol–water partition coefficient (Wildman–Crippen LogP) is 4.08. The molecule has 2 aliphatic rings. The van der Waals surface area contributed by atoms with Crippen LogP contribution in [0.3, 0.4) is 0 Å². The molecule has 1 aliphatic carbocycles. The lowest BCUT2D eigenvalue weighted by Gasteiger charge is -2.30. The number of ether oxygens (including phenoxy) is 2. The molecule has 0 fully saturated rings. The summed E-state index contributed by atoms with van der Waals surface area (Å²) in [5, 5.41) is 14.8. The van der Waals surface area contributed by atoms with E-state index in [1.165, 1.54) is 26.2 Å². The molecule has 1 unspecified atom stereocenters. The van der Waals surface area contributed by atoms with Gasteiger partial charge in [-0.1, -0.05) is 31.2 Å². The number of benzene rings is 3. The average Bonchev–Trinajstić information content (AvgIpc) is 3.20. The average molecular weight is 532 g/mol. The highest BCUT2D eigenvalue weighted by Crippen LogP contribution is 2.56. The number of nitrogens with one attached hydrogen (secondary N) is 1. The third-order valence-corrected chi connectivity index (χ3v) is 7.60. The maximum absolute atomic E-state index is 14.7. The first kappa shape index (κ1) is 26.1. The molecule has 1 aliphatic heterocycles. The van der Waals surface area contributed by atoms with E-state index in [0.29, 0.717) is 17.2 Å². The van der Waals surface area contributed by atoms with Crippen LogP contribution >= 0.6 is 0 Å². The van der Waals surface area contributed by atoms with Crippen LogP contribution in [0.2, 0.25) is 0 Å². The number of allylic oxidation sites excluding steroid dienone is 2. The molecule has 0 aromatic heterocycles. The summed E-state index contributed by atoms with van der Waals surface area (Å²) in [5.74, 6) is -5.23. The highest BCUT2D eigenvalue weighted by atomic mass is 19.1. The number of halogens is 1. The fraction of sp³-hybridized carbons (Fsp3) is 0.267. The Hall–Kier alpha value is -4.53. The molecule has 5 rings (SSSR count). The second-order valence-electron chi connectivity index (χ2n) is 9.80. The van der Waals surface area contributed by atoms with Crippen LogP contribution in [0.5, 0.6) is 17.2 Å². The highest BCUT2D eigenvalue weighted by molar-refractivity contribution is 6.27. The number of amides is 1. The van der Waals surface area contributed by atoms with Crippen molar-refractivity contribution in [3.8, 4) is 17.2 Å². The molecular weight excluding hydrogens is 505 g/mol. The molecule has 200 valence electrons. The van der Waals surface area contributed by atoms with Gasteiger partial charge in [0, 0.05) is 24.1 Å². The summed E-state index contributed by atoms with van der Waals surface area (Å²) in [4.78, 5) is 51.8. The van der Waals surface area contributed by atoms with E-state index in [1.54, 1.807) is 24.3 Å². The molecule has 0 spiro atoms. The van der Waals surface area contributed by atoms with E-state index in [4.69, 9.17) is 9.47 Å². The van der Waals surface area contributed by atoms with E-state index >= 15 is 0 Å². The molecule has 3 aromatic carbocycles. The second-order valence-corrected chi connectivity index (χ2v) is 9.80. The van der Waals surface area contributed by atoms with E-state index in [9.17, 15) is 28.7 Å². The van der Waals surface area contributed by atoms with E-state index in [-0.39, 0.29) is 46.5 Å². The lowest BCUT2D eigenvalue weighted by atomic mass is 9.67. The molecule has 9 heteroatoms. The summed E-state index contributed by atoms with van der Waals surface area (Å²) in [6.45, 7) is 4.53. The lowest BCUT2D eigenvalue weighted by molar-refractivity contribution is -0.140. The summed E-state index contributed by atoms with van der Waals surface area (Å²) in [6, 6.07) is 9.63. The van der Waals surface area contributed by atoms with Gasteiger partial charge in [-0.3, -0.25) is 19.2 Å². The van der Waals surface area contributed by atoms with Crippen LogP contribution in [0.25, 0.3) is 10.8 Å². The summed E-state index contributed by atoms with van der Waals surface area (Å²) in [7, 11) is 1.31. The zero-order valence-electron chi connectivity index (χ0n) is 21.8. The van der Waals surface area contributed by atoms with Gasteiger partial charge in [0.15, 0.2) is 17.3 Å².